The van der Waals surface area contributed by atoms with Gasteiger partial charge in [-0.05, 0) is 43.7 Å². The number of phenols is 1. The van der Waals surface area contributed by atoms with Crippen molar-refractivity contribution in [2.75, 3.05) is 6.54 Å². The number of Topliss-reactive ketones (excluding diaryl/α,β-unsaturated/α-hetero) is 1. The van der Waals surface area contributed by atoms with Crippen molar-refractivity contribution in [2.24, 2.45) is 0 Å². The highest BCUT2D eigenvalue weighted by Crippen LogP contribution is 2.35. The molecule has 0 amide bonds. The van der Waals surface area contributed by atoms with Crippen LogP contribution in [0.5, 0.6) is 5.75 Å². The van der Waals surface area contributed by atoms with Crippen LogP contribution in [0.2, 0.25) is 0 Å². The van der Waals surface area contributed by atoms with E-state index in [1.54, 1.807) is 6.07 Å². The minimum absolute atomic E-state index is 0.0831. The third kappa shape index (κ3) is 3.96. The first-order valence-electron chi connectivity index (χ1n) is 7.82. The van der Waals surface area contributed by atoms with E-state index in [0.717, 1.165) is 19.0 Å². The quantitative estimate of drug-likeness (QED) is 0.866. The van der Waals surface area contributed by atoms with Crippen LogP contribution in [0.1, 0.15) is 24.1 Å². The Morgan fingerprint density at radius 3 is 2.64 bits per heavy atom. The fourth-order valence-corrected chi connectivity index (χ4v) is 2.60. The molecule has 1 fully saturated rings. The van der Waals surface area contributed by atoms with Crippen LogP contribution in [0, 0.1) is 0 Å². The number of alkyl halides is 3. The van der Waals surface area contributed by atoms with Gasteiger partial charge in [0, 0.05) is 17.7 Å². The summed E-state index contributed by atoms with van der Waals surface area (Å²) in [5.41, 5.74) is 0.160. The third-order valence-corrected chi connectivity index (χ3v) is 4.16. The lowest BCUT2D eigenvalue weighted by Gasteiger charge is -2.25. The molecule has 0 saturated carbocycles. The molecule has 1 saturated heterocycles. The van der Waals surface area contributed by atoms with Crippen LogP contribution in [-0.4, -0.2) is 33.4 Å². The molecule has 0 spiro atoms. The number of aromatic hydroxyl groups is 1. The molecular weight excluding hydrogens is 335 g/mol. The highest BCUT2D eigenvalue weighted by atomic mass is 19.4. The molecule has 0 radical (unpaired) electrons. The number of phenolic OH excluding ortho intramolecular Hbond substituents is 1. The van der Waals surface area contributed by atoms with E-state index < -0.39 is 17.5 Å². The Bertz CT molecular complexity index is 789. The smallest absolute Gasteiger partial charge is 0.416 e. The first-order chi connectivity index (χ1) is 11.8. The van der Waals surface area contributed by atoms with Crippen LogP contribution in [0.15, 0.2) is 30.6 Å². The van der Waals surface area contributed by atoms with Crippen molar-refractivity contribution in [2.45, 2.75) is 31.5 Å². The molecule has 2 heterocycles. The van der Waals surface area contributed by atoms with Gasteiger partial charge in [-0.25, -0.2) is 9.97 Å². The predicted octanol–water partition coefficient (Wildman–Crippen LogP) is 2.73. The van der Waals surface area contributed by atoms with E-state index >= 15 is 0 Å². The number of carbonyl (C=O) groups is 1. The second-order valence-corrected chi connectivity index (χ2v) is 5.89. The average molecular weight is 351 g/mol. The number of carbonyl (C=O) groups excluding carboxylic acids is 1. The van der Waals surface area contributed by atoms with E-state index in [1.165, 1.54) is 12.4 Å². The highest BCUT2D eigenvalue weighted by molar-refractivity contribution is 5.85. The number of benzene rings is 1. The molecule has 1 aliphatic heterocycles. The lowest BCUT2D eigenvalue weighted by atomic mass is 9.98. The van der Waals surface area contributed by atoms with Crippen molar-refractivity contribution < 1.29 is 23.1 Å². The zero-order valence-corrected chi connectivity index (χ0v) is 13.2. The number of aryl methyl sites for hydroxylation is 1. The predicted molar refractivity (Wildman–Crippen MR) is 83.9 cm³/mol. The molecule has 2 aromatic rings. The second-order valence-electron chi connectivity index (χ2n) is 5.89. The summed E-state index contributed by atoms with van der Waals surface area (Å²) in [5.74, 6) is -0.391. The van der Waals surface area contributed by atoms with E-state index in [1.807, 2.05) is 0 Å². The summed E-state index contributed by atoms with van der Waals surface area (Å²) in [7, 11) is 0. The summed E-state index contributed by atoms with van der Waals surface area (Å²) in [6.07, 6.45) is -1.68. The molecule has 0 bridgehead atoms. The number of hydrogen-bond acceptors (Lipinski definition) is 5. The van der Waals surface area contributed by atoms with Crippen molar-refractivity contribution in [1.82, 2.24) is 15.3 Å². The molecule has 1 atom stereocenters. The summed E-state index contributed by atoms with van der Waals surface area (Å²) < 4.78 is 38.0. The molecule has 1 aliphatic rings. The number of halogens is 3. The molecule has 0 unspecified atom stereocenters. The largest absolute Gasteiger partial charge is 0.507 e. The minimum atomic E-state index is -4.53. The standard InChI is InChI=1S/C17H16F3N3O2/c18-17(19,20)10-1-3-12(16(25)7-10)14-8-11(22-9-23-14)2-4-15(24)13-5-6-21-13/h1,3,7-9,13,21,25H,2,4-6H2/t13-/m0/s1. The van der Waals surface area contributed by atoms with Gasteiger partial charge in [-0.15, -0.1) is 0 Å². The Kier molecular flexibility index (Phi) is 4.71. The number of aromatic nitrogens is 2. The van der Waals surface area contributed by atoms with Gasteiger partial charge >= 0.3 is 6.18 Å². The van der Waals surface area contributed by atoms with Gasteiger partial charge in [0.05, 0.1) is 17.3 Å². The van der Waals surface area contributed by atoms with E-state index in [-0.39, 0.29) is 17.4 Å². The molecular formula is C17H16F3N3O2. The number of hydrogen-bond donors (Lipinski definition) is 2. The first-order valence-corrected chi connectivity index (χ1v) is 7.82. The fourth-order valence-electron chi connectivity index (χ4n) is 2.60. The van der Waals surface area contributed by atoms with Gasteiger partial charge in [-0.2, -0.15) is 13.2 Å². The Morgan fingerprint density at radius 1 is 1.28 bits per heavy atom. The lowest BCUT2D eigenvalue weighted by molar-refractivity contribution is -0.137. The highest BCUT2D eigenvalue weighted by Gasteiger charge is 2.31. The Morgan fingerprint density at radius 2 is 2.04 bits per heavy atom. The summed E-state index contributed by atoms with van der Waals surface area (Å²) in [5, 5.41) is 12.9. The zero-order chi connectivity index (χ0) is 18.0. The van der Waals surface area contributed by atoms with Crippen molar-refractivity contribution in [3.8, 4) is 17.0 Å². The Hall–Kier alpha value is -2.48. The van der Waals surface area contributed by atoms with E-state index in [0.29, 0.717) is 30.3 Å². The zero-order valence-electron chi connectivity index (χ0n) is 13.2. The minimum Gasteiger partial charge on any atom is -0.507 e. The molecule has 25 heavy (non-hydrogen) atoms. The van der Waals surface area contributed by atoms with E-state index in [4.69, 9.17) is 0 Å². The van der Waals surface area contributed by atoms with Crippen molar-refractivity contribution in [1.29, 1.82) is 0 Å². The summed E-state index contributed by atoms with van der Waals surface area (Å²) in [4.78, 5) is 20.0. The Labute approximate surface area is 141 Å². The van der Waals surface area contributed by atoms with Gasteiger partial charge in [0.1, 0.15) is 17.9 Å². The molecule has 2 N–H and O–H groups in total. The summed E-state index contributed by atoms with van der Waals surface area (Å²) in [6, 6.07) is 4.23. The molecule has 1 aromatic heterocycles. The number of nitrogens with one attached hydrogen (secondary N) is 1. The van der Waals surface area contributed by atoms with Crippen LogP contribution in [-0.2, 0) is 17.4 Å². The van der Waals surface area contributed by atoms with E-state index in [2.05, 4.69) is 15.3 Å². The topological polar surface area (TPSA) is 75.1 Å². The number of ketones is 1. The van der Waals surface area contributed by atoms with Crippen LogP contribution < -0.4 is 5.32 Å². The van der Waals surface area contributed by atoms with Gasteiger partial charge in [0.25, 0.3) is 0 Å². The van der Waals surface area contributed by atoms with Crippen molar-refractivity contribution >= 4 is 5.78 Å². The maximum absolute atomic E-state index is 12.7. The van der Waals surface area contributed by atoms with Crippen molar-refractivity contribution in [3.63, 3.8) is 0 Å². The van der Waals surface area contributed by atoms with Crippen molar-refractivity contribution in [3.05, 3.63) is 41.9 Å². The van der Waals surface area contributed by atoms with Gasteiger partial charge < -0.3 is 10.4 Å². The maximum Gasteiger partial charge on any atom is 0.416 e. The Balaban J connectivity index is 1.75. The van der Waals surface area contributed by atoms with Gasteiger partial charge in [-0.3, -0.25) is 4.79 Å². The molecule has 132 valence electrons. The summed E-state index contributed by atoms with van der Waals surface area (Å²) in [6.45, 7) is 0.848. The number of rotatable bonds is 5. The molecule has 0 aliphatic carbocycles. The van der Waals surface area contributed by atoms with Crippen LogP contribution in [0.4, 0.5) is 13.2 Å². The molecule has 5 nitrogen and oxygen atoms in total. The van der Waals surface area contributed by atoms with Crippen LogP contribution >= 0.6 is 0 Å². The van der Waals surface area contributed by atoms with Gasteiger partial charge in [0.15, 0.2) is 0 Å². The molecule has 3 rings (SSSR count). The van der Waals surface area contributed by atoms with Crippen LogP contribution in [0.25, 0.3) is 11.3 Å². The summed E-state index contributed by atoms with van der Waals surface area (Å²) >= 11 is 0. The third-order valence-electron chi connectivity index (χ3n) is 4.16. The van der Waals surface area contributed by atoms with Gasteiger partial charge in [-0.1, -0.05) is 0 Å². The molecule has 1 aromatic carbocycles. The maximum atomic E-state index is 12.7. The monoisotopic (exact) mass is 351 g/mol. The molecule has 8 heteroatoms. The van der Waals surface area contributed by atoms with Crippen LogP contribution in [0.3, 0.4) is 0 Å². The fraction of sp³-hybridized carbons (Fsp3) is 0.353. The first kappa shape index (κ1) is 17.3. The SMILES string of the molecule is O=C(CCc1cc(-c2ccc(C(F)(F)F)cc2O)ncn1)[C@@H]1CCN1. The average Bonchev–Trinajstić information content (AvgIpc) is 2.50. The normalized spacial score (nSPS) is 17.2. The second kappa shape index (κ2) is 6.79. The van der Waals surface area contributed by atoms with Gasteiger partial charge in [0.2, 0.25) is 0 Å². The lowest BCUT2D eigenvalue weighted by Crippen LogP contribution is -2.48. The number of nitrogens with zero attached hydrogens (tertiary/aromatic N) is 2. The van der Waals surface area contributed by atoms with E-state index in [9.17, 15) is 23.1 Å².